The summed E-state index contributed by atoms with van der Waals surface area (Å²) in [6.07, 6.45) is 3.17. The quantitative estimate of drug-likeness (QED) is 0.334. The Morgan fingerprint density at radius 2 is 2.04 bits per heavy atom. The number of halogens is 1. The second kappa shape index (κ2) is 10.6. The molecule has 2 N–H and O–H groups in total. The summed E-state index contributed by atoms with van der Waals surface area (Å²) in [7, 11) is 3.10. The average Bonchev–Trinajstić information content (AvgIpc) is 2.56. The van der Waals surface area contributed by atoms with Crippen molar-refractivity contribution in [3.63, 3.8) is 0 Å². The number of benzene rings is 1. The molecule has 0 bridgehead atoms. The molecule has 1 aromatic rings. The molecule has 0 heterocycles. The highest BCUT2D eigenvalue weighted by Crippen LogP contribution is 2.08. The van der Waals surface area contributed by atoms with Crippen molar-refractivity contribution < 1.29 is 13.9 Å². The summed E-state index contributed by atoms with van der Waals surface area (Å²) in [6.45, 7) is 3.02. The molecule has 0 radical (unpaired) electrons. The lowest BCUT2D eigenvalue weighted by molar-refractivity contribution is -0.140. The number of carbonyl (C=O) groups excluding carboxylic acids is 1. The van der Waals surface area contributed by atoms with Crippen LogP contribution >= 0.6 is 0 Å². The molecule has 128 valence electrons. The minimum Gasteiger partial charge on any atom is -0.469 e. The van der Waals surface area contributed by atoms with Gasteiger partial charge in [-0.25, -0.2) is 4.39 Å². The third kappa shape index (κ3) is 7.63. The zero-order chi connectivity index (χ0) is 17.1. The van der Waals surface area contributed by atoms with Gasteiger partial charge in [0, 0.05) is 26.6 Å². The number of aryl methyl sites for hydroxylation is 1. The first kappa shape index (κ1) is 18.9. The molecule has 0 unspecified atom stereocenters. The van der Waals surface area contributed by atoms with E-state index in [-0.39, 0.29) is 11.8 Å². The Labute approximate surface area is 137 Å². The van der Waals surface area contributed by atoms with Gasteiger partial charge in [0.15, 0.2) is 5.96 Å². The molecule has 0 aliphatic carbocycles. The molecule has 5 nitrogen and oxygen atoms in total. The van der Waals surface area contributed by atoms with E-state index >= 15 is 0 Å². The zero-order valence-electron chi connectivity index (χ0n) is 14.1. The Kier molecular flexibility index (Phi) is 8.72. The van der Waals surface area contributed by atoms with Crippen LogP contribution in [0.4, 0.5) is 4.39 Å². The molecule has 0 aromatic heterocycles. The molecule has 23 heavy (non-hydrogen) atoms. The fraction of sp³-hybridized carbons (Fsp3) is 0.529. The van der Waals surface area contributed by atoms with Gasteiger partial charge in [0.25, 0.3) is 0 Å². The monoisotopic (exact) mass is 323 g/mol. The molecule has 0 spiro atoms. The number of guanidine groups is 1. The number of carbonyl (C=O) groups is 1. The molecule has 0 aliphatic heterocycles. The predicted octanol–water partition coefficient (Wildman–Crippen LogP) is 2.53. The van der Waals surface area contributed by atoms with Gasteiger partial charge < -0.3 is 15.4 Å². The number of hydrogen-bond donors (Lipinski definition) is 2. The number of nitrogens with one attached hydrogen (secondary N) is 2. The lowest BCUT2D eigenvalue weighted by Crippen LogP contribution is -2.37. The summed E-state index contributed by atoms with van der Waals surface area (Å²) in [5, 5.41) is 6.35. The highest BCUT2D eigenvalue weighted by Gasteiger charge is 2.02. The van der Waals surface area contributed by atoms with Crippen molar-refractivity contribution in [3.05, 3.63) is 35.1 Å². The third-order valence-electron chi connectivity index (χ3n) is 3.50. The second-order valence-corrected chi connectivity index (χ2v) is 5.32. The molecular weight excluding hydrogens is 297 g/mol. The fourth-order valence-electron chi connectivity index (χ4n) is 2.03. The topological polar surface area (TPSA) is 62.7 Å². The van der Waals surface area contributed by atoms with Gasteiger partial charge in [-0.2, -0.15) is 0 Å². The first-order valence-corrected chi connectivity index (χ1v) is 7.83. The van der Waals surface area contributed by atoms with Crippen LogP contribution in [0.2, 0.25) is 0 Å². The van der Waals surface area contributed by atoms with Crippen LogP contribution in [0.15, 0.2) is 23.2 Å². The van der Waals surface area contributed by atoms with Gasteiger partial charge >= 0.3 is 5.97 Å². The van der Waals surface area contributed by atoms with Crippen LogP contribution in [0.5, 0.6) is 0 Å². The van der Waals surface area contributed by atoms with Gasteiger partial charge in [-0.05, 0) is 37.0 Å². The number of esters is 1. The standard InChI is InChI=1S/C17H26FN3O2/c1-13-8-9-14(11-15(13)18)12-21-17(19-2)20-10-6-4-5-7-16(22)23-3/h8-9,11H,4-7,10,12H2,1-3H3,(H2,19,20,21). The van der Waals surface area contributed by atoms with Gasteiger partial charge in [-0.3, -0.25) is 9.79 Å². The normalized spacial score (nSPS) is 11.2. The third-order valence-corrected chi connectivity index (χ3v) is 3.50. The number of unbranched alkanes of at least 4 members (excludes halogenated alkanes) is 2. The van der Waals surface area contributed by atoms with Crippen LogP contribution in [0.1, 0.15) is 36.8 Å². The molecule has 0 saturated heterocycles. The Morgan fingerprint density at radius 3 is 2.70 bits per heavy atom. The van der Waals surface area contributed by atoms with Crippen molar-refractivity contribution in [2.75, 3.05) is 20.7 Å². The van der Waals surface area contributed by atoms with E-state index in [1.165, 1.54) is 13.2 Å². The summed E-state index contributed by atoms with van der Waals surface area (Å²) in [5.41, 5.74) is 1.51. The van der Waals surface area contributed by atoms with Crippen molar-refractivity contribution in [2.24, 2.45) is 4.99 Å². The Hall–Kier alpha value is -2.11. The Morgan fingerprint density at radius 1 is 1.26 bits per heavy atom. The lowest BCUT2D eigenvalue weighted by Gasteiger charge is -2.12. The molecule has 0 saturated carbocycles. The maximum atomic E-state index is 13.5. The maximum Gasteiger partial charge on any atom is 0.305 e. The number of methoxy groups -OCH3 is 1. The van der Waals surface area contributed by atoms with Gasteiger partial charge in [0.1, 0.15) is 5.82 Å². The SMILES string of the molecule is CN=C(NCCCCCC(=O)OC)NCc1ccc(C)c(F)c1. The van der Waals surface area contributed by atoms with E-state index in [2.05, 4.69) is 20.4 Å². The van der Waals surface area contributed by atoms with Gasteiger partial charge in [-0.1, -0.05) is 18.6 Å². The number of rotatable bonds is 8. The Balaban J connectivity index is 2.22. The summed E-state index contributed by atoms with van der Waals surface area (Å²) in [6, 6.07) is 5.19. The van der Waals surface area contributed by atoms with Crippen LogP contribution < -0.4 is 10.6 Å². The minimum atomic E-state index is -0.196. The van der Waals surface area contributed by atoms with Crippen LogP contribution in [0.3, 0.4) is 0 Å². The highest BCUT2D eigenvalue weighted by molar-refractivity contribution is 5.79. The van der Waals surface area contributed by atoms with Crippen molar-refractivity contribution in [3.8, 4) is 0 Å². The first-order chi connectivity index (χ1) is 11.1. The number of hydrogen-bond acceptors (Lipinski definition) is 3. The summed E-state index contributed by atoms with van der Waals surface area (Å²) >= 11 is 0. The van der Waals surface area contributed by atoms with Crippen molar-refractivity contribution >= 4 is 11.9 Å². The Bertz CT molecular complexity index is 533. The van der Waals surface area contributed by atoms with Crippen LogP contribution in [0, 0.1) is 12.7 Å². The van der Waals surface area contributed by atoms with E-state index in [1.54, 1.807) is 20.0 Å². The first-order valence-electron chi connectivity index (χ1n) is 7.83. The smallest absolute Gasteiger partial charge is 0.305 e. The van der Waals surface area contributed by atoms with Crippen molar-refractivity contribution in [1.82, 2.24) is 10.6 Å². The fourth-order valence-corrected chi connectivity index (χ4v) is 2.03. The number of nitrogens with zero attached hydrogens (tertiary/aromatic N) is 1. The molecule has 0 amide bonds. The van der Waals surface area contributed by atoms with Crippen molar-refractivity contribution in [1.29, 1.82) is 0 Å². The van der Waals surface area contributed by atoms with Crippen molar-refractivity contribution in [2.45, 2.75) is 39.2 Å². The van der Waals surface area contributed by atoms with Gasteiger partial charge in [-0.15, -0.1) is 0 Å². The van der Waals surface area contributed by atoms with E-state index in [1.807, 2.05) is 6.07 Å². The van der Waals surface area contributed by atoms with Gasteiger partial charge in [0.2, 0.25) is 0 Å². The second-order valence-electron chi connectivity index (χ2n) is 5.32. The summed E-state index contributed by atoms with van der Waals surface area (Å²) in [4.78, 5) is 15.1. The van der Waals surface area contributed by atoms with E-state index in [4.69, 9.17) is 0 Å². The maximum absolute atomic E-state index is 13.5. The predicted molar refractivity (Wildman–Crippen MR) is 89.8 cm³/mol. The molecule has 0 aliphatic rings. The average molecular weight is 323 g/mol. The molecule has 1 aromatic carbocycles. The van der Waals surface area contributed by atoms with E-state index in [9.17, 15) is 9.18 Å². The van der Waals surface area contributed by atoms with E-state index in [0.29, 0.717) is 24.5 Å². The number of aliphatic imine (C=N–C) groups is 1. The molecular formula is C17H26FN3O2. The zero-order valence-corrected chi connectivity index (χ0v) is 14.1. The largest absolute Gasteiger partial charge is 0.469 e. The summed E-state index contributed by atoms with van der Waals surface area (Å²) in [5.74, 6) is 0.317. The number of ether oxygens (including phenoxy) is 1. The lowest BCUT2D eigenvalue weighted by atomic mass is 10.1. The molecule has 0 fully saturated rings. The highest BCUT2D eigenvalue weighted by atomic mass is 19.1. The van der Waals surface area contributed by atoms with Crippen LogP contribution in [-0.2, 0) is 16.1 Å². The summed E-state index contributed by atoms with van der Waals surface area (Å²) < 4.78 is 18.1. The van der Waals surface area contributed by atoms with E-state index in [0.717, 1.165) is 31.4 Å². The minimum absolute atomic E-state index is 0.166. The molecule has 1 rings (SSSR count). The van der Waals surface area contributed by atoms with Crippen LogP contribution in [0.25, 0.3) is 0 Å². The molecule has 6 heteroatoms. The van der Waals surface area contributed by atoms with Crippen LogP contribution in [-0.4, -0.2) is 32.6 Å². The van der Waals surface area contributed by atoms with E-state index < -0.39 is 0 Å². The molecule has 0 atom stereocenters. The van der Waals surface area contributed by atoms with Gasteiger partial charge in [0.05, 0.1) is 7.11 Å².